The van der Waals surface area contributed by atoms with Crippen LogP contribution in [0.2, 0.25) is 0 Å². The van der Waals surface area contributed by atoms with Crippen LogP contribution in [-0.4, -0.2) is 11.9 Å². The first-order valence-electron chi connectivity index (χ1n) is 7.16. The van der Waals surface area contributed by atoms with E-state index in [4.69, 9.17) is 0 Å². The molecule has 3 rings (SSSR count). The van der Waals surface area contributed by atoms with Crippen LogP contribution in [0.3, 0.4) is 0 Å². The number of para-hydroxylation sites is 1. The van der Waals surface area contributed by atoms with Crippen LogP contribution in [0.15, 0.2) is 54.6 Å². The molecule has 3 N–H and O–H groups in total. The minimum Gasteiger partial charge on any atom is -0.324 e. The molecule has 0 saturated carbocycles. The number of amides is 1. The Morgan fingerprint density at radius 2 is 1.76 bits per heavy atom. The minimum atomic E-state index is -0.227. The van der Waals surface area contributed by atoms with Gasteiger partial charge < -0.3 is 5.32 Å². The third-order valence-electron chi connectivity index (χ3n) is 3.82. The number of hydrogen-bond acceptors (Lipinski definition) is 3. The van der Waals surface area contributed by atoms with E-state index >= 15 is 0 Å². The number of benzene rings is 2. The Hall–Kier alpha value is -2.17. The second-order valence-corrected chi connectivity index (χ2v) is 5.34. The number of hydrazine groups is 1. The van der Waals surface area contributed by atoms with Gasteiger partial charge in [0, 0.05) is 11.7 Å². The Morgan fingerprint density at radius 3 is 2.52 bits per heavy atom. The van der Waals surface area contributed by atoms with Gasteiger partial charge in [-0.2, -0.15) is 0 Å². The topological polar surface area (TPSA) is 53.2 Å². The molecular weight excluding hydrogens is 262 g/mol. The van der Waals surface area contributed by atoms with Gasteiger partial charge in [-0.05, 0) is 30.5 Å². The molecule has 2 aromatic carbocycles. The first-order valence-corrected chi connectivity index (χ1v) is 7.16. The van der Waals surface area contributed by atoms with Crippen molar-refractivity contribution in [2.75, 3.05) is 5.32 Å². The van der Waals surface area contributed by atoms with E-state index in [1.165, 1.54) is 5.56 Å². The third-order valence-corrected chi connectivity index (χ3v) is 3.82. The number of nitrogens with one attached hydrogen (secondary N) is 3. The van der Waals surface area contributed by atoms with Crippen LogP contribution < -0.4 is 16.2 Å². The molecule has 1 fully saturated rings. The summed E-state index contributed by atoms with van der Waals surface area (Å²) in [5, 5.41) is 2.98. The molecule has 0 spiro atoms. The average Bonchev–Trinajstić information content (AvgIpc) is 3.00. The minimum absolute atomic E-state index is 0.00442. The maximum Gasteiger partial charge on any atom is 0.242 e. The Bertz CT molecular complexity index is 627. The van der Waals surface area contributed by atoms with Gasteiger partial charge in [0.1, 0.15) is 6.04 Å². The fourth-order valence-electron chi connectivity index (χ4n) is 2.57. The number of aryl methyl sites for hydroxylation is 1. The van der Waals surface area contributed by atoms with E-state index in [0.29, 0.717) is 0 Å². The molecule has 2 atom stereocenters. The van der Waals surface area contributed by atoms with Crippen molar-refractivity contribution in [2.24, 2.45) is 0 Å². The predicted octanol–water partition coefficient (Wildman–Crippen LogP) is 2.54. The van der Waals surface area contributed by atoms with Crippen LogP contribution in [0.1, 0.15) is 23.6 Å². The lowest BCUT2D eigenvalue weighted by atomic mass is 10.0. The molecule has 0 bridgehead atoms. The Balaban J connectivity index is 1.64. The predicted molar refractivity (Wildman–Crippen MR) is 83.7 cm³/mol. The normalized spacial score (nSPS) is 21.2. The molecule has 0 aliphatic carbocycles. The standard InChI is InChI=1S/C17H19N3O/c1-12-7-5-6-10-14(12)18-17(21)16-11-15(19-20-16)13-8-3-2-4-9-13/h2-10,15-16,19-20H,11H2,1H3,(H,18,21). The summed E-state index contributed by atoms with van der Waals surface area (Å²) in [4.78, 5) is 12.3. The van der Waals surface area contributed by atoms with Crippen LogP contribution in [0.4, 0.5) is 5.69 Å². The van der Waals surface area contributed by atoms with Gasteiger partial charge in [0.15, 0.2) is 0 Å². The summed E-state index contributed by atoms with van der Waals surface area (Å²) in [6.07, 6.45) is 0.738. The fraction of sp³-hybridized carbons (Fsp3) is 0.235. The molecule has 1 amide bonds. The number of rotatable bonds is 3. The van der Waals surface area contributed by atoms with Gasteiger partial charge >= 0.3 is 0 Å². The summed E-state index contributed by atoms with van der Waals surface area (Å²) in [6.45, 7) is 1.99. The largest absolute Gasteiger partial charge is 0.324 e. The van der Waals surface area contributed by atoms with Crippen molar-refractivity contribution in [1.29, 1.82) is 0 Å². The van der Waals surface area contributed by atoms with Gasteiger partial charge in [0.25, 0.3) is 0 Å². The monoisotopic (exact) mass is 281 g/mol. The summed E-state index contributed by atoms with van der Waals surface area (Å²) < 4.78 is 0. The SMILES string of the molecule is Cc1ccccc1NC(=O)C1CC(c2ccccc2)NN1. The van der Waals surface area contributed by atoms with Crippen LogP contribution in [-0.2, 0) is 4.79 Å². The van der Waals surface area contributed by atoms with Gasteiger partial charge in [0.05, 0.1) is 0 Å². The molecule has 1 heterocycles. The van der Waals surface area contributed by atoms with Crippen molar-refractivity contribution in [1.82, 2.24) is 10.9 Å². The molecular formula is C17H19N3O. The smallest absolute Gasteiger partial charge is 0.242 e. The van der Waals surface area contributed by atoms with Crippen molar-refractivity contribution >= 4 is 11.6 Å². The zero-order valence-electron chi connectivity index (χ0n) is 12.0. The Kier molecular flexibility index (Phi) is 3.99. The van der Waals surface area contributed by atoms with Crippen molar-refractivity contribution in [3.8, 4) is 0 Å². The highest BCUT2D eigenvalue weighted by Crippen LogP contribution is 2.23. The molecule has 2 aromatic rings. The van der Waals surface area contributed by atoms with E-state index in [1.54, 1.807) is 0 Å². The number of carbonyl (C=O) groups is 1. The molecule has 2 unspecified atom stereocenters. The van der Waals surface area contributed by atoms with Crippen molar-refractivity contribution < 1.29 is 4.79 Å². The summed E-state index contributed by atoms with van der Waals surface area (Å²) >= 11 is 0. The summed E-state index contributed by atoms with van der Waals surface area (Å²) in [5.74, 6) is -0.00442. The van der Waals surface area contributed by atoms with Gasteiger partial charge in [-0.15, -0.1) is 0 Å². The number of anilines is 1. The molecule has 21 heavy (non-hydrogen) atoms. The highest BCUT2D eigenvalue weighted by Gasteiger charge is 2.30. The maximum absolute atomic E-state index is 12.3. The van der Waals surface area contributed by atoms with Gasteiger partial charge in [-0.25, -0.2) is 10.9 Å². The summed E-state index contributed by atoms with van der Waals surface area (Å²) in [6, 6.07) is 17.9. The van der Waals surface area contributed by atoms with Crippen molar-refractivity contribution in [2.45, 2.75) is 25.4 Å². The zero-order valence-corrected chi connectivity index (χ0v) is 12.0. The van der Waals surface area contributed by atoms with Crippen LogP contribution >= 0.6 is 0 Å². The van der Waals surface area contributed by atoms with Crippen LogP contribution in [0, 0.1) is 6.92 Å². The maximum atomic E-state index is 12.3. The first kappa shape index (κ1) is 13.8. The van der Waals surface area contributed by atoms with Gasteiger partial charge in [0.2, 0.25) is 5.91 Å². The van der Waals surface area contributed by atoms with E-state index in [1.807, 2.05) is 49.4 Å². The lowest BCUT2D eigenvalue weighted by Gasteiger charge is -2.12. The lowest BCUT2D eigenvalue weighted by Crippen LogP contribution is -2.39. The van der Waals surface area contributed by atoms with E-state index < -0.39 is 0 Å². The van der Waals surface area contributed by atoms with Gasteiger partial charge in [-0.1, -0.05) is 48.5 Å². The highest BCUT2D eigenvalue weighted by atomic mass is 16.2. The number of carbonyl (C=O) groups excluding carboxylic acids is 1. The van der Waals surface area contributed by atoms with Crippen molar-refractivity contribution in [3.05, 3.63) is 65.7 Å². The molecule has 0 radical (unpaired) electrons. The molecule has 0 aromatic heterocycles. The summed E-state index contributed by atoms with van der Waals surface area (Å²) in [7, 11) is 0. The Morgan fingerprint density at radius 1 is 1.05 bits per heavy atom. The lowest BCUT2D eigenvalue weighted by molar-refractivity contribution is -0.117. The third kappa shape index (κ3) is 3.12. The Labute approximate surface area is 124 Å². The quantitative estimate of drug-likeness (QED) is 0.810. The van der Waals surface area contributed by atoms with Crippen LogP contribution in [0.25, 0.3) is 0 Å². The zero-order chi connectivity index (χ0) is 14.7. The molecule has 1 aliphatic heterocycles. The molecule has 1 aliphatic rings. The van der Waals surface area contributed by atoms with E-state index in [0.717, 1.165) is 17.7 Å². The van der Waals surface area contributed by atoms with Gasteiger partial charge in [-0.3, -0.25) is 4.79 Å². The van der Waals surface area contributed by atoms with E-state index in [9.17, 15) is 4.79 Å². The fourth-order valence-corrected chi connectivity index (χ4v) is 2.57. The highest BCUT2D eigenvalue weighted by molar-refractivity contribution is 5.95. The second-order valence-electron chi connectivity index (χ2n) is 5.34. The average molecular weight is 281 g/mol. The molecule has 4 nitrogen and oxygen atoms in total. The summed E-state index contributed by atoms with van der Waals surface area (Å²) in [5.41, 5.74) is 9.40. The van der Waals surface area contributed by atoms with E-state index in [-0.39, 0.29) is 18.0 Å². The first-order chi connectivity index (χ1) is 10.2. The molecule has 108 valence electrons. The van der Waals surface area contributed by atoms with Crippen LogP contribution in [0.5, 0.6) is 0 Å². The second kappa shape index (κ2) is 6.08. The molecule has 4 heteroatoms. The number of hydrogen-bond donors (Lipinski definition) is 3. The van der Waals surface area contributed by atoms with E-state index in [2.05, 4.69) is 28.3 Å². The molecule has 1 saturated heterocycles. The van der Waals surface area contributed by atoms with Crippen molar-refractivity contribution in [3.63, 3.8) is 0 Å².